The summed E-state index contributed by atoms with van der Waals surface area (Å²) >= 11 is 0. The van der Waals surface area contributed by atoms with Gasteiger partial charge in [0.05, 0.1) is 5.52 Å². The lowest BCUT2D eigenvalue weighted by Gasteiger charge is -2.12. The summed E-state index contributed by atoms with van der Waals surface area (Å²) in [5, 5.41) is 1.24. The minimum absolute atomic E-state index is 1.08. The molecule has 0 fully saturated rings. The number of fused-ring (bicyclic) bond motifs is 1. The molecule has 1 nitrogen and oxygen atoms in total. The second-order valence-corrected chi connectivity index (χ2v) is 4.58. The average molecular weight is 233 g/mol. The Morgan fingerprint density at radius 2 is 1.44 bits per heavy atom. The number of pyridine rings is 1. The van der Waals surface area contributed by atoms with Gasteiger partial charge in [0.2, 0.25) is 0 Å². The van der Waals surface area contributed by atoms with Gasteiger partial charge in [-0.2, -0.15) is 0 Å². The van der Waals surface area contributed by atoms with E-state index in [2.05, 4.69) is 56.3 Å². The molecule has 3 rings (SSSR count). The molecular formula is C17H15N. The predicted octanol–water partition coefficient (Wildman–Crippen LogP) is 4.52. The van der Waals surface area contributed by atoms with Gasteiger partial charge in [-0.05, 0) is 31.0 Å². The van der Waals surface area contributed by atoms with Gasteiger partial charge in [-0.15, -0.1) is 0 Å². The summed E-state index contributed by atoms with van der Waals surface area (Å²) in [5.41, 5.74) is 5.98. The standard InChI is InChI=1S/C17H15N/c1-12-15-10-6-7-11-16(15)18-13(2)17(12)14-8-4-3-5-9-14/h3-11H,1-2H3. The lowest BCUT2D eigenvalue weighted by Crippen LogP contribution is -1.94. The first-order chi connectivity index (χ1) is 8.77. The van der Waals surface area contributed by atoms with Gasteiger partial charge in [0.1, 0.15) is 0 Å². The van der Waals surface area contributed by atoms with E-state index in [0.717, 1.165) is 11.2 Å². The van der Waals surface area contributed by atoms with E-state index in [0.29, 0.717) is 0 Å². The van der Waals surface area contributed by atoms with E-state index >= 15 is 0 Å². The van der Waals surface area contributed by atoms with Crippen LogP contribution in [-0.4, -0.2) is 4.98 Å². The van der Waals surface area contributed by atoms with Crippen LogP contribution >= 0.6 is 0 Å². The maximum Gasteiger partial charge on any atom is 0.0708 e. The number of rotatable bonds is 1. The summed E-state index contributed by atoms with van der Waals surface area (Å²) in [5.74, 6) is 0. The van der Waals surface area contributed by atoms with Crippen molar-refractivity contribution in [2.24, 2.45) is 0 Å². The summed E-state index contributed by atoms with van der Waals surface area (Å²) in [6, 6.07) is 18.8. The summed E-state index contributed by atoms with van der Waals surface area (Å²) < 4.78 is 0. The highest BCUT2D eigenvalue weighted by Crippen LogP contribution is 2.30. The molecule has 0 aliphatic rings. The molecule has 0 radical (unpaired) electrons. The first-order valence-corrected chi connectivity index (χ1v) is 6.19. The van der Waals surface area contributed by atoms with Crippen LogP contribution in [0.3, 0.4) is 0 Å². The SMILES string of the molecule is Cc1nc2ccccc2c(C)c1-c1ccccc1. The molecule has 0 saturated carbocycles. The molecule has 0 N–H and O–H groups in total. The zero-order valence-electron chi connectivity index (χ0n) is 10.6. The number of nitrogens with zero attached hydrogens (tertiary/aromatic N) is 1. The fraction of sp³-hybridized carbons (Fsp3) is 0.118. The van der Waals surface area contributed by atoms with Crippen LogP contribution in [0.25, 0.3) is 22.0 Å². The van der Waals surface area contributed by atoms with Crippen LogP contribution in [0, 0.1) is 13.8 Å². The lowest BCUT2D eigenvalue weighted by atomic mass is 9.96. The van der Waals surface area contributed by atoms with E-state index in [1.807, 2.05) is 12.1 Å². The molecular weight excluding hydrogens is 218 g/mol. The lowest BCUT2D eigenvalue weighted by molar-refractivity contribution is 1.24. The zero-order chi connectivity index (χ0) is 12.5. The molecule has 88 valence electrons. The second kappa shape index (κ2) is 4.26. The summed E-state index contributed by atoms with van der Waals surface area (Å²) in [4.78, 5) is 4.71. The maximum atomic E-state index is 4.71. The minimum Gasteiger partial charge on any atom is -0.252 e. The van der Waals surface area contributed by atoms with E-state index in [4.69, 9.17) is 4.98 Å². The minimum atomic E-state index is 1.08. The Labute approximate surface area is 107 Å². The molecule has 0 atom stereocenters. The van der Waals surface area contributed by atoms with Crippen LogP contribution in [0.5, 0.6) is 0 Å². The Morgan fingerprint density at radius 1 is 0.778 bits per heavy atom. The third kappa shape index (κ3) is 1.68. The topological polar surface area (TPSA) is 12.9 Å². The number of hydrogen-bond donors (Lipinski definition) is 0. The van der Waals surface area contributed by atoms with Crippen molar-refractivity contribution in [3.05, 3.63) is 65.9 Å². The highest BCUT2D eigenvalue weighted by molar-refractivity contribution is 5.89. The van der Waals surface area contributed by atoms with Crippen molar-refractivity contribution >= 4 is 10.9 Å². The van der Waals surface area contributed by atoms with E-state index in [9.17, 15) is 0 Å². The molecule has 3 aromatic rings. The van der Waals surface area contributed by atoms with Gasteiger partial charge in [-0.3, -0.25) is 4.98 Å². The molecule has 0 aliphatic carbocycles. The Bertz CT molecular complexity index is 699. The first kappa shape index (κ1) is 11.0. The van der Waals surface area contributed by atoms with Crippen LogP contribution in [0.15, 0.2) is 54.6 Å². The van der Waals surface area contributed by atoms with Gasteiger partial charge in [0.15, 0.2) is 0 Å². The van der Waals surface area contributed by atoms with Gasteiger partial charge in [0.25, 0.3) is 0 Å². The fourth-order valence-corrected chi connectivity index (χ4v) is 2.56. The third-order valence-corrected chi connectivity index (χ3v) is 3.40. The van der Waals surface area contributed by atoms with Crippen molar-refractivity contribution in [3.63, 3.8) is 0 Å². The van der Waals surface area contributed by atoms with Crippen molar-refractivity contribution in [2.45, 2.75) is 13.8 Å². The zero-order valence-corrected chi connectivity index (χ0v) is 10.6. The summed E-state index contributed by atoms with van der Waals surface area (Å²) in [7, 11) is 0. The highest BCUT2D eigenvalue weighted by Gasteiger charge is 2.10. The van der Waals surface area contributed by atoms with Crippen LogP contribution in [-0.2, 0) is 0 Å². The van der Waals surface area contributed by atoms with E-state index in [-0.39, 0.29) is 0 Å². The van der Waals surface area contributed by atoms with Gasteiger partial charge in [0, 0.05) is 16.6 Å². The summed E-state index contributed by atoms with van der Waals surface area (Å²) in [6.45, 7) is 4.27. The second-order valence-electron chi connectivity index (χ2n) is 4.58. The molecule has 1 aromatic heterocycles. The Balaban J connectivity index is 2.37. The molecule has 0 aliphatic heterocycles. The fourth-order valence-electron chi connectivity index (χ4n) is 2.56. The third-order valence-electron chi connectivity index (χ3n) is 3.40. The predicted molar refractivity (Wildman–Crippen MR) is 76.7 cm³/mol. The molecule has 0 saturated heterocycles. The molecule has 0 amide bonds. The number of para-hydroxylation sites is 1. The summed E-state index contributed by atoms with van der Waals surface area (Å²) in [6.07, 6.45) is 0. The van der Waals surface area contributed by atoms with E-state index < -0.39 is 0 Å². The molecule has 0 unspecified atom stereocenters. The number of aromatic nitrogens is 1. The number of benzene rings is 2. The molecule has 18 heavy (non-hydrogen) atoms. The molecule has 0 bridgehead atoms. The van der Waals surface area contributed by atoms with Crippen LogP contribution in [0.1, 0.15) is 11.3 Å². The van der Waals surface area contributed by atoms with Crippen LogP contribution < -0.4 is 0 Å². The van der Waals surface area contributed by atoms with Gasteiger partial charge >= 0.3 is 0 Å². The first-order valence-electron chi connectivity index (χ1n) is 6.19. The molecule has 2 aromatic carbocycles. The Hall–Kier alpha value is -2.15. The van der Waals surface area contributed by atoms with Crippen molar-refractivity contribution in [1.82, 2.24) is 4.98 Å². The largest absolute Gasteiger partial charge is 0.252 e. The molecule has 0 spiro atoms. The maximum absolute atomic E-state index is 4.71. The van der Waals surface area contributed by atoms with Gasteiger partial charge in [-0.25, -0.2) is 0 Å². The van der Waals surface area contributed by atoms with Crippen molar-refractivity contribution < 1.29 is 0 Å². The van der Waals surface area contributed by atoms with Crippen LogP contribution in [0.4, 0.5) is 0 Å². The Morgan fingerprint density at radius 3 is 2.22 bits per heavy atom. The van der Waals surface area contributed by atoms with Gasteiger partial charge in [-0.1, -0.05) is 48.5 Å². The Kier molecular flexibility index (Phi) is 2.60. The molecule has 1 heteroatoms. The van der Waals surface area contributed by atoms with Crippen molar-refractivity contribution in [1.29, 1.82) is 0 Å². The number of hydrogen-bond acceptors (Lipinski definition) is 1. The van der Waals surface area contributed by atoms with E-state index in [1.165, 1.54) is 22.1 Å². The highest BCUT2D eigenvalue weighted by atomic mass is 14.7. The monoisotopic (exact) mass is 233 g/mol. The molecule has 1 heterocycles. The smallest absolute Gasteiger partial charge is 0.0708 e. The van der Waals surface area contributed by atoms with Crippen LogP contribution in [0.2, 0.25) is 0 Å². The average Bonchev–Trinajstić information content (AvgIpc) is 2.40. The van der Waals surface area contributed by atoms with Crippen molar-refractivity contribution in [3.8, 4) is 11.1 Å². The number of aryl methyl sites for hydroxylation is 2. The normalized spacial score (nSPS) is 10.8. The van der Waals surface area contributed by atoms with Crippen molar-refractivity contribution in [2.75, 3.05) is 0 Å². The quantitative estimate of drug-likeness (QED) is 0.602. The van der Waals surface area contributed by atoms with E-state index in [1.54, 1.807) is 0 Å². The van der Waals surface area contributed by atoms with Gasteiger partial charge < -0.3 is 0 Å².